The maximum atomic E-state index is 11.3. The lowest BCUT2D eigenvalue weighted by molar-refractivity contribution is -0.114. The largest absolute Gasteiger partial charge is 0.515 e. The smallest absolute Gasteiger partial charge is 0.345 e. The number of primary amides is 1. The molecule has 0 aliphatic rings. The number of nitrogens with two attached hydrogens (primary N) is 1. The number of nitrogens with one attached hydrogen (secondary N) is 1. The minimum absolute atomic E-state index is 0.256. The zero-order valence-electron chi connectivity index (χ0n) is 8.83. The average Bonchev–Trinajstić information content (AvgIpc) is 2.30. The highest BCUT2D eigenvalue weighted by atomic mass is 16.2. The van der Waals surface area contributed by atoms with Crippen LogP contribution in [-0.2, 0) is 4.79 Å². The van der Waals surface area contributed by atoms with E-state index in [-0.39, 0.29) is 5.57 Å². The Kier molecular flexibility index (Phi) is 4.44. The molecule has 0 saturated carbocycles. The topological polar surface area (TPSA) is 105 Å². The Bertz CT molecular complexity index is 466. The molecule has 0 aliphatic carbocycles. The molecule has 0 spiro atoms. The summed E-state index contributed by atoms with van der Waals surface area (Å²) in [6, 6.07) is 8.01. The van der Waals surface area contributed by atoms with Crippen molar-refractivity contribution >= 4 is 23.8 Å². The summed E-state index contributed by atoms with van der Waals surface area (Å²) >= 11 is 0. The van der Waals surface area contributed by atoms with Crippen molar-refractivity contribution in [3.8, 4) is 0 Å². The van der Waals surface area contributed by atoms with Gasteiger partial charge in [-0.3, -0.25) is 4.79 Å². The molecule has 1 rings (SSSR count). The van der Waals surface area contributed by atoms with Crippen molar-refractivity contribution in [2.45, 2.75) is 0 Å². The molecule has 88 valence electrons. The van der Waals surface area contributed by atoms with E-state index in [1.807, 2.05) is 0 Å². The van der Waals surface area contributed by atoms with E-state index in [9.17, 15) is 9.59 Å². The molecule has 0 unspecified atom stereocenters. The standard InChI is InChI=1S/C11H11N3O3/c12-10(16)8(7-15)6-13-11(17)14-9-4-2-1-3-5-9/h1-7,15H,(H2,12,16)(H,14,17)/b8-7-,13-6+. The highest BCUT2D eigenvalue weighted by Crippen LogP contribution is 2.04. The van der Waals surface area contributed by atoms with Crippen LogP contribution < -0.4 is 11.1 Å². The molecule has 0 aliphatic heterocycles. The maximum absolute atomic E-state index is 11.3. The number of para-hydroxylation sites is 1. The number of amides is 3. The summed E-state index contributed by atoms with van der Waals surface area (Å²) in [5, 5.41) is 11.1. The average molecular weight is 233 g/mol. The van der Waals surface area contributed by atoms with Gasteiger partial charge in [-0.2, -0.15) is 0 Å². The molecule has 6 nitrogen and oxygen atoms in total. The number of anilines is 1. The van der Waals surface area contributed by atoms with Gasteiger partial charge in [0.25, 0.3) is 5.91 Å². The van der Waals surface area contributed by atoms with Crippen molar-refractivity contribution in [1.82, 2.24) is 0 Å². The number of aliphatic imine (C=N–C) groups is 1. The van der Waals surface area contributed by atoms with Gasteiger partial charge in [0.05, 0.1) is 11.8 Å². The van der Waals surface area contributed by atoms with Crippen LogP contribution in [-0.4, -0.2) is 23.3 Å². The quantitative estimate of drug-likeness (QED) is 0.415. The summed E-state index contributed by atoms with van der Waals surface area (Å²) in [7, 11) is 0. The molecule has 6 heteroatoms. The third kappa shape index (κ3) is 4.17. The molecule has 0 bridgehead atoms. The van der Waals surface area contributed by atoms with Gasteiger partial charge in [0.15, 0.2) is 0 Å². The Morgan fingerprint density at radius 1 is 1.29 bits per heavy atom. The number of hydrogen-bond donors (Lipinski definition) is 3. The number of hydrogen-bond acceptors (Lipinski definition) is 3. The second kappa shape index (κ2) is 6.06. The van der Waals surface area contributed by atoms with E-state index in [0.29, 0.717) is 11.9 Å². The highest BCUT2D eigenvalue weighted by Gasteiger charge is 2.03. The van der Waals surface area contributed by atoms with Gasteiger partial charge in [0.2, 0.25) is 0 Å². The molecule has 1 aromatic rings. The molecule has 0 fully saturated rings. The predicted octanol–water partition coefficient (Wildman–Crippen LogP) is 1.22. The number of rotatable bonds is 3. The third-order valence-corrected chi connectivity index (χ3v) is 1.77. The van der Waals surface area contributed by atoms with Crippen molar-refractivity contribution < 1.29 is 14.7 Å². The van der Waals surface area contributed by atoms with E-state index in [4.69, 9.17) is 10.8 Å². The van der Waals surface area contributed by atoms with Gasteiger partial charge >= 0.3 is 6.03 Å². The van der Waals surface area contributed by atoms with E-state index >= 15 is 0 Å². The fourth-order valence-corrected chi connectivity index (χ4v) is 0.966. The summed E-state index contributed by atoms with van der Waals surface area (Å²) in [6.45, 7) is 0. The van der Waals surface area contributed by atoms with Crippen molar-refractivity contribution in [3.05, 3.63) is 42.2 Å². The van der Waals surface area contributed by atoms with Gasteiger partial charge in [-0.1, -0.05) is 18.2 Å². The molecule has 4 N–H and O–H groups in total. The lowest BCUT2D eigenvalue weighted by Gasteiger charge is -1.99. The van der Waals surface area contributed by atoms with Crippen LogP contribution in [0.2, 0.25) is 0 Å². The van der Waals surface area contributed by atoms with Gasteiger partial charge in [-0.05, 0) is 12.1 Å². The number of aliphatic hydroxyl groups is 1. The number of urea groups is 1. The summed E-state index contributed by atoms with van der Waals surface area (Å²) < 4.78 is 0. The van der Waals surface area contributed by atoms with Crippen LogP contribution >= 0.6 is 0 Å². The van der Waals surface area contributed by atoms with Crippen LogP contribution in [0.5, 0.6) is 0 Å². The lowest BCUT2D eigenvalue weighted by Crippen LogP contribution is -2.16. The normalized spacial score (nSPS) is 11.4. The Balaban J connectivity index is 2.62. The van der Waals surface area contributed by atoms with Gasteiger partial charge in [0.1, 0.15) is 0 Å². The van der Waals surface area contributed by atoms with E-state index in [1.54, 1.807) is 30.3 Å². The molecule has 17 heavy (non-hydrogen) atoms. The van der Waals surface area contributed by atoms with Gasteiger partial charge < -0.3 is 16.2 Å². The summed E-state index contributed by atoms with van der Waals surface area (Å²) in [5.74, 6) is -0.872. The Labute approximate surface area is 97.5 Å². The van der Waals surface area contributed by atoms with E-state index in [1.165, 1.54) is 0 Å². The maximum Gasteiger partial charge on any atom is 0.345 e. The minimum Gasteiger partial charge on any atom is -0.515 e. The molecule has 1 aromatic carbocycles. The summed E-state index contributed by atoms with van der Waals surface area (Å²) in [5.41, 5.74) is 5.21. The second-order valence-corrected chi connectivity index (χ2v) is 3.00. The van der Waals surface area contributed by atoms with Crippen LogP contribution in [0, 0.1) is 0 Å². The van der Waals surface area contributed by atoms with Crippen molar-refractivity contribution in [1.29, 1.82) is 0 Å². The molecular formula is C11H11N3O3. The van der Waals surface area contributed by atoms with Crippen molar-refractivity contribution in [2.24, 2.45) is 10.7 Å². The third-order valence-electron chi connectivity index (χ3n) is 1.77. The highest BCUT2D eigenvalue weighted by molar-refractivity contribution is 6.13. The van der Waals surface area contributed by atoms with E-state index in [2.05, 4.69) is 10.3 Å². The van der Waals surface area contributed by atoms with Crippen LogP contribution in [0.3, 0.4) is 0 Å². The van der Waals surface area contributed by atoms with Crippen LogP contribution in [0.25, 0.3) is 0 Å². The first kappa shape index (κ1) is 12.4. The van der Waals surface area contributed by atoms with Crippen molar-refractivity contribution in [3.63, 3.8) is 0 Å². The van der Waals surface area contributed by atoms with Crippen LogP contribution in [0.4, 0.5) is 10.5 Å². The summed E-state index contributed by atoms with van der Waals surface area (Å²) in [4.78, 5) is 25.4. The number of aliphatic hydroxyl groups excluding tert-OH is 1. The number of carbonyl (C=O) groups excluding carboxylic acids is 2. The monoisotopic (exact) mass is 233 g/mol. The number of benzene rings is 1. The first-order valence-electron chi connectivity index (χ1n) is 4.67. The molecule has 0 saturated heterocycles. The molecule has 0 heterocycles. The first-order valence-corrected chi connectivity index (χ1v) is 4.67. The van der Waals surface area contributed by atoms with Gasteiger partial charge in [-0.25, -0.2) is 9.79 Å². The predicted molar refractivity (Wildman–Crippen MR) is 63.9 cm³/mol. The van der Waals surface area contributed by atoms with E-state index < -0.39 is 11.9 Å². The van der Waals surface area contributed by atoms with Gasteiger partial charge in [-0.15, -0.1) is 0 Å². The fraction of sp³-hybridized carbons (Fsp3) is 0. The second-order valence-electron chi connectivity index (χ2n) is 3.00. The zero-order valence-corrected chi connectivity index (χ0v) is 8.83. The van der Waals surface area contributed by atoms with Crippen LogP contribution in [0.15, 0.2) is 47.2 Å². The Morgan fingerprint density at radius 3 is 2.47 bits per heavy atom. The molecule has 0 radical (unpaired) electrons. The number of carbonyl (C=O) groups is 2. The lowest BCUT2D eigenvalue weighted by atomic mass is 10.3. The zero-order chi connectivity index (χ0) is 12.7. The molecule has 0 aromatic heterocycles. The molecular weight excluding hydrogens is 222 g/mol. The van der Waals surface area contributed by atoms with Gasteiger partial charge in [0, 0.05) is 11.9 Å². The first-order chi connectivity index (χ1) is 8.13. The number of nitrogens with zero attached hydrogens (tertiary/aromatic N) is 1. The van der Waals surface area contributed by atoms with Crippen LogP contribution in [0.1, 0.15) is 0 Å². The Hall–Kier alpha value is -2.63. The summed E-state index contributed by atoms with van der Waals surface area (Å²) in [6.07, 6.45) is 1.38. The minimum atomic E-state index is -0.872. The van der Waals surface area contributed by atoms with E-state index in [0.717, 1.165) is 6.21 Å². The fourth-order valence-electron chi connectivity index (χ4n) is 0.966. The molecule has 3 amide bonds. The molecule has 0 atom stereocenters. The van der Waals surface area contributed by atoms with Crippen molar-refractivity contribution in [2.75, 3.05) is 5.32 Å². The Morgan fingerprint density at radius 2 is 1.94 bits per heavy atom. The SMILES string of the molecule is NC(=O)C(=C\O)/C=N/C(=O)Nc1ccccc1.